The first kappa shape index (κ1) is 13.3. The Kier molecular flexibility index (Phi) is 3.68. The maximum absolute atomic E-state index is 11.9. The molecule has 0 atom stereocenters. The first-order chi connectivity index (χ1) is 8.99. The van der Waals surface area contributed by atoms with Crippen LogP contribution in [-0.2, 0) is 0 Å². The number of carbonyl (C=O) groups excluding carboxylic acids is 1. The molecule has 0 saturated carbocycles. The van der Waals surface area contributed by atoms with Gasteiger partial charge in [0.05, 0.1) is 10.7 Å². The normalized spacial score (nSPS) is 10.2. The van der Waals surface area contributed by atoms with E-state index in [9.17, 15) is 14.7 Å². The van der Waals surface area contributed by atoms with E-state index in [-0.39, 0.29) is 4.77 Å². The van der Waals surface area contributed by atoms with E-state index in [2.05, 4.69) is 27.5 Å². The van der Waals surface area contributed by atoms with Gasteiger partial charge in [-0.15, -0.1) is 0 Å². The Morgan fingerprint density at radius 2 is 2.00 bits per heavy atom. The minimum Gasteiger partial charge on any atom is -0.494 e. The standard InChI is InChI=1S/C11H8ClN3O3S/c12-5-3-1-2-4-6(5)13-8(16)7-9(17)14-11(19)15-10(7)18/h1-4H,(H,13,16)(H3,14,15,17,18,19). The molecule has 1 amide bonds. The average molecular weight is 298 g/mol. The molecule has 0 aliphatic carbocycles. The smallest absolute Gasteiger partial charge is 0.268 e. The van der Waals surface area contributed by atoms with E-state index in [0.29, 0.717) is 10.7 Å². The minimum absolute atomic E-state index is 0.0724. The van der Waals surface area contributed by atoms with Crippen LogP contribution in [0.3, 0.4) is 0 Å². The lowest BCUT2D eigenvalue weighted by atomic mass is 10.2. The van der Waals surface area contributed by atoms with Gasteiger partial charge < -0.3 is 15.4 Å². The number of halogens is 1. The highest BCUT2D eigenvalue weighted by atomic mass is 35.5. The fraction of sp³-hybridized carbons (Fsp3) is 0. The van der Waals surface area contributed by atoms with Crippen molar-refractivity contribution in [1.82, 2.24) is 9.97 Å². The number of aromatic hydroxyl groups is 1. The third kappa shape index (κ3) is 2.83. The molecule has 0 bridgehead atoms. The number of H-pyrrole nitrogens is 2. The van der Waals surface area contributed by atoms with Crippen LogP contribution in [0.5, 0.6) is 5.88 Å². The zero-order chi connectivity index (χ0) is 14.0. The molecule has 2 aromatic rings. The van der Waals surface area contributed by atoms with E-state index in [1.165, 1.54) is 0 Å². The third-order valence-corrected chi connectivity index (χ3v) is 2.81. The first-order valence-electron chi connectivity index (χ1n) is 5.10. The molecule has 0 saturated heterocycles. The summed E-state index contributed by atoms with van der Waals surface area (Å²) in [5.41, 5.74) is -0.922. The van der Waals surface area contributed by atoms with Crippen molar-refractivity contribution >= 4 is 35.4 Å². The molecular weight excluding hydrogens is 290 g/mol. The zero-order valence-electron chi connectivity index (χ0n) is 9.36. The average Bonchev–Trinajstić information content (AvgIpc) is 2.30. The molecule has 0 radical (unpaired) electrons. The summed E-state index contributed by atoms with van der Waals surface area (Å²) in [7, 11) is 0. The monoisotopic (exact) mass is 297 g/mol. The molecule has 0 spiro atoms. The fourth-order valence-electron chi connectivity index (χ4n) is 1.43. The molecule has 1 aromatic heterocycles. The lowest BCUT2D eigenvalue weighted by molar-refractivity contribution is 0.102. The molecule has 1 aromatic carbocycles. The third-order valence-electron chi connectivity index (χ3n) is 2.27. The number of hydrogen-bond acceptors (Lipinski definition) is 4. The first-order valence-corrected chi connectivity index (χ1v) is 5.89. The topological polar surface area (TPSA) is 98.0 Å². The van der Waals surface area contributed by atoms with Crippen LogP contribution in [0.1, 0.15) is 10.4 Å². The van der Waals surface area contributed by atoms with Crippen LogP contribution >= 0.6 is 23.8 Å². The number of hydrogen-bond donors (Lipinski definition) is 4. The van der Waals surface area contributed by atoms with Gasteiger partial charge in [-0.25, -0.2) is 0 Å². The van der Waals surface area contributed by atoms with E-state index >= 15 is 0 Å². The number of para-hydroxylation sites is 1. The van der Waals surface area contributed by atoms with Crippen molar-refractivity contribution in [2.45, 2.75) is 0 Å². The Balaban J connectivity index is 2.39. The second kappa shape index (κ2) is 5.25. The van der Waals surface area contributed by atoms with E-state index in [4.69, 9.17) is 11.6 Å². The quantitative estimate of drug-likeness (QED) is 0.638. The van der Waals surface area contributed by atoms with Gasteiger partial charge in [-0.05, 0) is 24.4 Å². The Morgan fingerprint density at radius 3 is 2.63 bits per heavy atom. The predicted octanol–water partition coefficient (Wildman–Crippen LogP) is 2.04. The Labute approximate surface area is 117 Å². The van der Waals surface area contributed by atoms with Crippen LogP contribution in [-0.4, -0.2) is 21.0 Å². The van der Waals surface area contributed by atoms with E-state index < -0.39 is 22.9 Å². The molecule has 0 aliphatic heterocycles. The summed E-state index contributed by atoms with van der Waals surface area (Å²) >= 11 is 10.5. The summed E-state index contributed by atoms with van der Waals surface area (Å²) in [6, 6.07) is 6.52. The van der Waals surface area contributed by atoms with Crippen LogP contribution in [0.15, 0.2) is 29.1 Å². The highest BCUT2D eigenvalue weighted by Crippen LogP contribution is 2.21. The number of benzene rings is 1. The molecule has 2 rings (SSSR count). The highest BCUT2D eigenvalue weighted by Gasteiger charge is 2.17. The van der Waals surface area contributed by atoms with Gasteiger partial charge in [0.15, 0.2) is 10.3 Å². The summed E-state index contributed by atoms with van der Waals surface area (Å²) in [6.45, 7) is 0. The minimum atomic E-state index is -0.793. The molecule has 19 heavy (non-hydrogen) atoms. The number of carbonyl (C=O) groups is 1. The van der Waals surface area contributed by atoms with Gasteiger partial charge in [0.2, 0.25) is 5.88 Å². The number of amides is 1. The van der Waals surface area contributed by atoms with Crippen LogP contribution in [0, 0.1) is 4.77 Å². The fourth-order valence-corrected chi connectivity index (χ4v) is 1.80. The number of anilines is 1. The lowest BCUT2D eigenvalue weighted by Crippen LogP contribution is -2.24. The molecule has 98 valence electrons. The molecule has 0 aliphatic rings. The number of aromatic nitrogens is 2. The maximum atomic E-state index is 11.9. The summed E-state index contributed by atoms with van der Waals surface area (Å²) in [5, 5.41) is 12.3. The second-order valence-corrected chi connectivity index (χ2v) is 4.38. The summed E-state index contributed by atoms with van der Waals surface area (Å²) < 4.78 is -0.0724. The van der Waals surface area contributed by atoms with Gasteiger partial charge in [0.25, 0.3) is 11.5 Å². The summed E-state index contributed by atoms with van der Waals surface area (Å²) in [4.78, 5) is 28.0. The van der Waals surface area contributed by atoms with Crippen molar-refractivity contribution in [2.75, 3.05) is 5.32 Å². The van der Waals surface area contributed by atoms with Crippen LogP contribution < -0.4 is 10.9 Å². The van der Waals surface area contributed by atoms with Gasteiger partial charge in [-0.2, -0.15) is 0 Å². The van der Waals surface area contributed by atoms with Crippen molar-refractivity contribution in [1.29, 1.82) is 0 Å². The van der Waals surface area contributed by atoms with Gasteiger partial charge in [0, 0.05) is 0 Å². The Hall–Kier alpha value is -2.12. The Morgan fingerprint density at radius 1 is 1.32 bits per heavy atom. The van der Waals surface area contributed by atoms with E-state index in [0.717, 1.165) is 0 Å². The Bertz CT molecular complexity index is 753. The van der Waals surface area contributed by atoms with E-state index in [1.807, 2.05) is 0 Å². The maximum Gasteiger partial charge on any atom is 0.268 e. The van der Waals surface area contributed by atoms with Crippen molar-refractivity contribution in [3.05, 3.63) is 50.0 Å². The van der Waals surface area contributed by atoms with Crippen molar-refractivity contribution in [3.8, 4) is 5.88 Å². The zero-order valence-corrected chi connectivity index (χ0v) is 10.9. The van der Waals surface area contributed by atoms with Crippen molar-refractivity contribution in [2.24, 2.45) is 0 Å². The molecule has 8 heteroatoms. The van der Waals surface area contributed by atoms with Crippen LogP contribution in [0.4, 0.5) is 5.69 Å². The largest absolute Gasteiger partial charge is 0.494 e. The molecular formula is C11H8ClN3O3S. The molecule has 6 nitrogen and oxygen atoms in total. The predicted molar refractivity (Wildman–Crippen MR) is 73.3 cm³/mol. The highest BCUT2D eigenvalue weighted by molar-refractivity contribution is 7.71. The number of aromatic amines is 2. The lowest BCUT2D eigenvalue weighted by Gasteiger charge is -2.07. The van der Waals surface area contributed by atoms with Gasteiger partial charge >= 0.3 is 0 Å². The van der Waals surface area contributed by atoms with Crippen LogP contribution in [0.2, 0.25) is 5.02 Å². The van der Waals surface area contributed by atoms with Crippen molar-refractivity contribution in [3.63, 3.8) is 0 Å². The van der Waals surface area contributed by atoms with Crippen LogP contribution in [0.25, 0.3) is 0 Å². The molecule has 0 unspecified atom stereocenters. The van der Waals surface area contributed by atoms with Gasteiger partial charge in [-0.3, -0.25) is 14.6 Å². The summed E-state index contributed by atoms with van der Waals surface area (Å²) in [5.74, 6) is -1.39. The number of nitrogens with one attached hydrogen (secondary N) is 3. The second-order valence-electron chi connectivity index (χ2n) is 3.57. The SMILES string of the molecule is O=C(Nc1ccccc1Cl)c1c(O)[nH]c(=S)[nH]c1=O. The van der Waals surface area contributed by atoms with E-state index in [1.54, 1.807) is 24.3 Å². The molecule has 4 N–H and O–H groups in total. The number of rotatable bonds is 2. The molecule has 0 fully saturated rings. The van der Waals surface area contributed by atoms with Gasteiger partial charge in [0.1, 0.15) is 0 Å². The van der Waals surface area contributed by atoms with Gasteiger partial charge in [-0.1, -0.05) is 23.7 Å². The summed E-state index contributed by atoms with van der Waals surface area (Å²) in [6.07, 6.45) is 0. The van der Waals surface area contributed by atoms with Crippen molar-refractivity contribution < 1.29 is 9.90 Å². The molecule has 1 heterocycles.